The second kappa shape index (κ2) is 6.50. The van der Waals surface area contributed by atoms with Crippen molar-refractivity contribution in [2.75, 3.05) is 0 Å². The van der Waals surface area contributed by atoms with Crippen LogP contribution < -0.4 is 0 Å². The van der Waals surface area contributed by atoms with Crippen LogP contribution in [-0.4, -0.2) is 9.49 Å². The number of rotatable bonds is 3. The van der Waals surface area contributed by atoms with Crippen LogP contribution in [-0.2, 0) is 0 Å². The fourth-order valence-electron chi connectivity index (χ4n) is 4.31. The van der Waals surface area contributed by atoms with Crippen molar-refractivity contribution in [2.24, 2.45) is 0 Å². The Morgan fingerprint density at radius 1 is 0.893 bits per heavy atom. The fourth-order valence-corrected chi connectivity index (χ4v) is 4.31. The van der Waals surface area contributed by atoms with E-state index < -0.39 is 0 Å². The summed E-state index contributed by atoms with van der Waals surface area (Å²) in [6.07, 6.45) is 5.02. The number of nitrogens with zero attached hydrogens (tertiary/aromatic N) is 2. The highest BCUT2D eigenvalue weighted by Gasteiger charge is 2.30. The first kappa shape index (κ1) is 16.5. The molecule has 0 aliphatic heterocycles. The standard InChI is InChI=1S/C24H18N2O2/c27-26(28)23-16-7-5-12-19(23)21-14-8-13-20-18-11-4-6-15-22(18)25(24(20)21)17-9-2-1-3-10-17/h1-13,15-16,21H,14H2. The topological polar surface area (TPSA) is 48.1 Å². The molecule has 1 unspecified atom stereocenters. The molecule has 0 radical (unpaired) electrons. The first-order valence-electron chi connectivity index (χ1n) is 9.34. The molecule has 1 aromatic heterocycles. The summed E-state index contributed by atoms with van der Waals surface area (Å²) in [6, 6.07) is 25.6. The zero-order chi connectivity index (χ0) is 19.1. The first-order chi connectivity index (χ1) is 13.8. The number of nitro benzene ring substituents is 1. The summed E-state index contributed by atoms with van der Waals surface area (Å²) in [6.45, 7) is 0. The van der Waals surface area contributed by atoms with Crippen LogP contribution in [0.3, 0.4) is 0 Å². The summed E-state index contributed by atoms with van der Waals surface area (Å²) in [5, 5.41) is 12.9. The van der Waals surface area contributed by atoms with Crippen LogP contribution in [0.4, 0.5) is 5.69 Å². The van der Waals surface area contributed by atoms with Crippen molar-refractivity contribution < 1.29 is 4.92 Å². The van der Waals surface area contributed by atoms with E-state index in [0.29, 0.717) is 0 Å². The second-order valence-corrected chi connectivity index (χ2v) is 6.99. The SMILES string of the molecule is O=[N+]([O-])c1ccccc1C1CC=Cc2c1n(-c1ccccc1)c1ccccc21. The summed E-state index contributed by atoms with van der Waals surface area (Å²) in [5.41, 5.74) is 5.39. The van der Waals surface area contributed by atoms with Crippen LogP contribution in [0.1, 0.15) is 29.2 Å². The number of hydrogen-bond donors (Lipinski definition) is 0. The Hall–Kier alpha value is -3.66. The third kappa shape index (κ3) is 2.46. The molecule has 0 spiro atoms. The van der Waals surface area contributed by atoms with E-state index in [4.69, 9.17) is 0 Å². The molecule has 1 heterocycles. The molecule has 3 aromatic carbocycles. The molecule has 4 heteroatoms. The Kier molecular flexibility index (Phi) is 3.83. The molecule has 0 saturated heterocycles. The molecule has 5 rings (SSSR count). The van der Waals surface area contributed by atoms with Crippen LogP contribution in [0.5, 0.6) is 0 Å². The van der Waals surface area contributed by atoms with Crippen LogP contribution in [0.25, 0.3) is 22.7 Å². The van der Waals surface area contributed by atoms with Gasteiger partial charge < -0.3 is 4.57 Å². The van der Waals surface area contributed by atoms with Crippen LogP contribution in [0.15, 0.2) is 84.9 Å². The summed E-state index contributed by atoms with van der Waals surface area (Å²) < 4.78 is 2.26. The minimum absolute atomic E-state index is 0.0748. The zero-order valence-electron chi connectivity index (χ0n) is 15.2. The van der Waals surface area contributed by atoms with Gasteiger partial charge in [-0.15, -0.1) is 0 Å². The molecule has 0 N–H and O–H groups in total. The molecule has 4 aromatic rings. The molecule has 1 aliphatic carbocycles. The van der Waals surface area contributed by atoms with Crippen LogP contribution in [0.2, 0.25) is 0 Å². The molecule has 136 valence electrons. The van der Waals surface area contributed by atoms with Gasteiger partial charge in [-0.1, -0.05) is 66.7 Å². The number of aromatic nitrogens is 1. The number of hydrogen-bond acceptors (Lipinski definition) is 2. The third-order valence-corrected chi connectivity index (χ3v) is 5.46. The highest BCUT2D eigenvalue weighted by atomic mass is 16.6. The largest absolute Gasteiger partial charge is 0.312 e. The number of benzene rings is 3. The van der Waals surface area contributed by atoms with Crippen molar-refractivity contribution in [2.45, 2.75) is 12.3 Å². The molecule has 28 heavy (non-hydrogen) atoms. The van der Waals surface area contributed by atoms with Gasteiger partial charge in [-0.3, -0.25) is 10.1 Å². The average Bonchev–Trinajstić information content (AvgIpc) is 3.09. The fraction of sp³-hybridized carbons (Fsp3) is 0.0833. The highest BCUT2D eigenvalue weighted by Crippen LogP contribution is 2.44. The molecule has 4 nitrogen and oxygen atoms in total. The predicted molar refractivity (Wildman–Crippen MR) is 112 cm³/mol. The maximum Gasteiger partial charge on any atom is 0.273 e. The van der Waals surface area contributed by atoms with Gasteiger partial charge in [0.15, 0.2) is 0 Å². The summed E-state index contributed by atoms with van der Waals surface area (Å²) >= 11 is 0. The average molecular weight is 366 g/mol. The smallest absolute Gasteiger partial charge is 0.273 e. The number of allylic oxidation sites excluding steroid dienone is 1. The van der Waals surface area contributed by atoms with Crippen molar-refractivity contribution in [3.63, 3.8) is 0 Å². The first-order valence-corrected chi connectivity index (χ1v) is 9.34. The van der Waals surface area contributed by atoms with E-state index in [-0.39, 0.29) is 16.5 Å². The summed E-state index contributed by atoms with van der Waals surface area (Å²) in [5.74, 6) is -0.0748. The molecule has 1 aliphatic rings. The maximum absolute atomic E-state index is 11.7. The molecular formula is C24H18N2O2. The van der Waals surface area contributed by atoms with Crippen molar-refractivity contribution in [3.8, 4) is 5.69 Å². The monoisotopic (exact) mass is 366 g/mol. The highest BCUT2D eigenvalue weighted by molar-refractivity contribution is 5.94. The van der Waals surface area contributed by atoms with E-state index in [1.807, 2.05) is 42.5 Å². The number of fused-ring (bicyclic) bond motifs is 3. The Morgan fingerprint density at radius 2 is 1.61 bits per heavy atom. The van der Waals surface area contributed by atoms with Gasteiger partial charge in [0, 0.05) is 39.9 Å². The quantitative estimate of drug-likeness (QED) is 0.325. The molecule has 0 fully saturated rings. The zero-order valence-corrected chi connectivity index (χ0v) is 15.2. The van der Waals surface area contributed by atoms with E-state index in [9.17, 15) is 10.1 Å². The molecular weight excluding hydrogens is 348 g/mol. The van der Waals surface area contributed by atoms with Gasteiger partial charge in [0.1, 0.15) is 0 Å². The number of para-hydroxylation sites is 3. The predicted octanol–water partition coefficient (Wildman–Crippen LogP) is 6.09. The van der Waals surface area contributed by atoms with Crippen LogP contribution >= 0.6 is 0 Å². The summed E-state index contributed by atoms with van der Waals surface area (Å²) in [4.78, 5) is 11.4. The Balaban J connectivity index is 1.85. The number of nitro groups is 1. The van der Waals surface area contributed by atoms with Crippen molar-refractivity contribution >= 4 is 22.7 Å². The lowest BCUT2D eigenvalue weighted by Crippen LogP contribution is -2.12. The van der Waals surface area contributed by atoms with Gasteiger partial charge >= 0.3 is 0 Å². The molecule has 0 saturated carbocycles. The van der Waals surface area contributed by atoms with Crippen molar-refractivity contribution in [1.29, 1.82) is 0 Å². The van der Waals surface area contributed by atoms with E-state index >= 15 is 0 Å². The van der Waals surface area contributed by atoms with Crippen LogP contribution in [0, 0.1) is 10.1 Å². The van der Waals surface area contributed by atoms with Gasteiger partial charge in [-0.05, 0) is 24.6 Å². The maximum atomic E-state index is 11.7. The van der Waals surface area contributed by atoms with Gasteiger partial charge in [-0.2, -0.15) is 0 Å². The minimum atomic E-state index is -0.275. The Labute approximate surface area is 162 Å². The van der Waals surface area contributed by atoms with E-state index in [1.165, 1.54) is 5.39 Å². The Bertz CT molecular complexity index is 1220. The van der Waals surface area contributed by atoms with E-state index in [2.05, 4.69) is 41.0 Å². The molecule has 0 bridgehead atoms. The molecule has 0 amide bonds. The lowest BCUT2D eigenvalue weighted by Gasteiger charge is -2.23. The summed E-state index contributed by atoms with van der Waals surface area (Å²) in [7, 11) is 0. The van der Waals surface area contributed by atoms with Gasteiger partial charge in [-0.25, -0.2) is 0 Å². The van der Waals surface area contributed by atoms with Crippen molar-refractivity contribution in [3.05, 3.63) is 112 Å². The second-order valence-electron chi connectivity index (χ2n) is 6.99. The third-order valence-electron chi connectivity index (χ3n) is 5.46. The van der Waals surface area contributed by atoms with Gasteiger partial charge in [0.25, 0.3) is 5.69 Å². The van der Waals surface area contributed by atoms with Crippen molar-refractivity contribution in [1.82, 2.24) is 4.57 Å². The lowest BCUT2D eigenvalue weighted by molar-refractivity contribution is -0.385. The van der Waals surface area contributed by atoms with E-state index in [0.717, 1.165) is 34.4 Å². The van der Waals surface area contributed by atoms with Gasteiger partial charge in [0.2, 0.25) is 0 Å². The lowest BCUT2D eigenvalue weighted by atomic mass is 9.85. The normalized spacial score (nSPS) is 15.5. The molecule has 1 atom stereocenters. The van der Waals surface area contributed by atoms with E-state index in [1.54, 1.807) is 12.1 Å². The minimum Gasteiger partial charge on any atom is -0.312 e. The van der Waals surface area contributed by atoms with Gasteiger partial charge in [0.05, 0.1) is 10.4 Å². The Morgan fingerprint density at radius 3 is 2.43 bits per heavy atom.